The molecule has 0 amide bonds. The molecule has 1 aliphatic heterocycles. The van der Waals surface area contributed by atoms with E-state index < -0.39 is 0 Å². The maximum Gasteiger partial charge on any atom is 0.158 e. The Bertz CT molecular complexity index is 793. The summed E-state index contributed by atoms with van der Waals surface area (Å²) in [5.41, 5.74) is 12.9. The van der Waals surface area contributed by atoms with Gasteiger partial charge in [0.1, 0.15) is 10.8 Å². The number of halogens is 1. The number of hydrogen-bond acceptors (Lipinski definition) is 7. The van der Waals surface area contributed by atoms with Gasteiger partial charge in [0.2, 0.25) is 0 Å². The highest BCUT2D eigenvalue weighted by Crippen LogP contribution is 2.46. The molecular weight excluding hydrogens is 368 g/mol. The average Bonchev–Trinajstić information content (AvgIpc) is 2.99. The summed E-state index contributed by atoms with van der Waals surface area (Å²) in [6, 6.07) is 2.20. The van der Waals surface area contributed by atoms with Gasteiger partial charge in [0.15, 0.2) is 5.82 Å². The van der Waals surface area contributed by atoms with Gasteiger partial charge in [-0.3, -0.25) is 4.98 Å². The van der Waals surface area contributed by atoms with Crippen molar-refractivity contribution in [2.75, 3.05) is 23.7 Å². The number of anilines is 2. The summed E-state index contributed by atoms with van der Waals surface area (Å²) in [5, 5.41) is 1.24. The van der Waals surface area contributed by atoms with Crippen LogP contribution in [0.2, 0.25) is 5.02 Å². The number of pyridine rings is 1. The van der Waals surface area contributed by atoms with E-state index in [2.05, 4.69) is 19.9 Å². The Balaban J connectivity index is 1.46. The molecule has 1 saturated heterocycles. The molecule has 1 atom stereocenters. The predicted molar refractivity (Wildman–Crippen MR) is 106 cm³/mol. The van der Waals surface area contributed by atoms with Gasteiger partial charge in [-0.25, -0.2) is 9.97 Å². The van der Waals surface area contributed by atoms with E-state index in [0.717, 1.165) is 43.1 Å². The highest BCUT2D eigenvalue weighted by molar-refractivity contribution is 7.99. The number of aromatic nitrogens is 3. The molecule has 4 rings (SSSR count). The number of hydrogen-bond donors (Lipinski definition) is 2. The normalized spacial score (nSPS) is 22.1. The summed E-state index contributed by atoms with van der Waals surface area (Å²) < 4.78 is 0. The van der Waals surface area contributed by atoms with Gasteiger partial charge >= 0.3 is 0 Å². The minimum Gasteiger partial charge on any atom is -0.381 e. The molecule has 0 aromatic carbocycles. The molecule has 6 nitrogen and oxygen atoms in total. The molecule has 0 bridgehead atoms. The first-order valence-corrected chi connectivity index (χ1v) is 10.2. The zero-order valence-corrected chi connectivity index (χ0v) is 16.1. The van der Waals surface area contributed by atoms with Crippen LogP contribution >= 0.6 is 23.4 Å². The Hall–Kier alpha value is -1.57. The van der Waals surface area contributed by atoms with Crippen LogP contribution in [0.4, 0.5) is 11.6 Å². The number of nitrogens with zero attached hydrogens (tertiary/aromatic N) is 4. The van der Waals surface area contributed by atoms with Crippen molar-refractivity contribution in [3.8, 4) is 0 Å². The van der Waals surface area contributed by atoms with Crippen molar-refractivity contribution in [3.63, 3.8) is 0 Å². The van der Waals surface area contributed by atoms with Gasteiger partial charge in [0.05, 0.1) is 11.2 Å². The zero-order valence-electron chi connectivity index (χ0n) is 14.6. The van der Waals surface area contributed by atoms with Gasteiger partial charge < -0.3 is 16.4 Å². The van der Waals surface area contributed by atoms with Gasteiger partial charge in [-0.1, -0.05) is 29.8 Å². The molecule has 2 aromatic rings. The third-order valence-corrected chi connectivity index (χ3v) is 7.25. The summed E-state index contributed by atoms with van der Waals surface area (Å²) in [6.45, 7) is 1.93. The molecule has 3 heterocycles. The van der Waals surface area contributed by atoms with E-state index in [1.165, 1.54) is 24.6 Å². The first kappa shape index (κ1) is 17.8. The van der Waals surface area contributed by atoms with E-state index in [4.69, 9.17) is 23.1 Å². The monoisotopic (exact) mass is 390 g/mol. The van der Waals surface area contributed by atoms with Crippen LogP contribution in [-0.2, 0) is 0 Å². The third kappa shape index (κ3) is 3.35. The smallest absolute Gasteiger partial charge is 0.158 e. The predicted octanol–water partition coefficient (Wildman–Crippen LogP) is 3.36. The lowest BCUT2D eigenvalue weighted by molar-refractivity contribution is 0.197. The second-order valence-electron chi connectivity index (χ2n) is 7.17. The summed E-state index contributed by atoms with van der Waals surface area (Å²) in [5.74, 6) is 1.27. The SMILES string of the molecule is Nc1nc(N2CCC3(CCCC3N)CC2)cnc1Sc1ccncc1Cl. The summed E-state index contributed by atoms with van der Waals surface area (Å²) in [6.07, 6.45) is 11.0. The van der Waals surface area contributed by atoms with Gasteiger partial charge in [0.25, 0.3) is 0 Å². The quantitative estimate of drug-likeness (QED) is 0.829. The standard InChI is InChI=1S/C18H23ClN6S/c19-12-10-22-7-3-13(12)26-17-16(21)24-15(11-23-17)25-8-5-18(6-9-25)4-1-2-14(18)20/h3,7,10-11,14H,1-2,4-6,8-9,20H2,(H2,21,24). The number of piperidine rings is 1. The van der Waals surface area contributed by atoms with Crippen molar-refractivity contribution in [3.05, 3.63) is 29.7 Å². The molecule has 2 aromatic heterocycles. The van der Waals surface area contributed by atoms with Crippen molar-refractivity contribution in [1.82, 2.24) is 15.0 Å². The Kier molecular flexibility index (Phi) is 4.94. The summed E-state index contributed by atoms with van der Waals surface area (Å²) in [7, 11) is 0. The molecule has 1 unspecified atom stereocenters. The highest BCUT2D eigenvalue weighted by Gasteiger charge is 2.43. The van der Waals surface area contributed by atoms with Crippen LogP contribution in [0.25, 0.3) is 0 Å². The Labute approximate surface area is 162 Å². The molecule has 0 radical (unpaired) electrons. The van der Waals surface area contributed by atoms with E-state index >= 15 is 0 Å². The number of rotatable bonds is 3. The zero-order chi connectivity index (χ0) is 18.1. The van der Waals surface area contributed by atoms with Crippen LogP contribution in [0.15, 0.2) is 34.6 Å². The minimum atomic E-state index is 0.337. The van der Waals surface area contributed by atoms with Crippen LogP contribution in [0, 0.1) is 5.41 Å². The van der Waals surface area contributed by atoms with E-state index in [-0.39, 0.29) is 0 Å². The lowest BCUT2D eigenvalue weighted by Gasteiger charge is -2.42. The molecule has 138 valence electrons. The second-order valence-corrected chi connectivity index (χ2v) is 8.61. The first-order chi connectivity index (χ1) is 12.6. The topological polar surface area (TPSA) is 94.0 Å². The van der Waals surface area contributed by atoms with Gasteiger partial charge in [-0.05, 0) is 37.2 Å². The van der Waals surface area contributed by atoms with Crippen LogP contribution in [-0.4, -0.2) is 34.1 Å². The van der Waals surface area contributed by atoms with Crippen molar-refractivity contribution in [2.24, 2.45) is 11.1 Å². The Morgan fingerprint density at radius 1 is 1.23 bits per heavy atom. The summed E-state index contributed by atoms with van der Waals surface area (Å²) >= 11 is 7.57. The molecule has 26 heavy (non-hydrogen) atoms. The molecule has 2 fully saturated rings. The van der Waals surface area contributed by atoms with E-state index in [1.54, 1.807) is 18.6 Å². The largest absolute Gasteiger partial charge is 0.381 e. The minimum absolute atomic E-state index is 0.337. The molecule has 1 saturated carbocycles. The Morgan fingerprint density at radius 2 is 2.04 bits per heavy atom. The fourth-order valence-electron chi connectivity index (χ4n) is 4.13. The van der Waals surface area contributed by atoms with E-state index in [1.807, 2.05) is 6.07 Å². The van der Waals surface area contributed by atoms with Crippen molar-refractivity contribution in [1.29, 1.82) is 0 Å². The van der Waals surface area contributed by atoms with E-state index in [0.29, 0.717) is 27.3 Å². The number of nitrogens with two attached hydrogens (primary N) is 2. The lowest BCUT2D eigenvalue weighted by Crippen LogP contribution is -2.47. The van der Waals surface area contributed by atoms with Gasteiger partial charge in [0, 0.05) is 36.4 Å². The maximum atomic E-state index is 6.37. The summed E-state index contributed by atoms with van der Waals surface area (Å²) in [4.78, 5) is 16.2. The molecule has 1 spiro atoms. The van der Waals surface area contributed by atoms with Crippen molar-refractivity contribution >= 4 is 35.0 Å². The fourth-order valence-corrected chi connectivity index (χ4v) is 5.11. The molecule has 2 aliphatic rings. The highest BCUT2D eigenvalue weighted by atomic mass is 35.5. The van der Waals surface area contributed by atoms with Gasteiger partial charge in [-0.15, -0.1) is 0 Å². The molecule has 1 aliphatic carbocycles. The molecule has 4 N–H and O–H groups in total. The number of nitrogen functional groups attached to an aromatic ring is 1. The van der Waals surface area contributed by atoms with Crippen molar-refractivity contribution < 1.29 is 0 Å². The van der Waals surface area contributed by atoms with Gasteiger partial charge in [-0.2, -0.15) is 0 Å². The average molecular weight is 391 g/mol. The van der Waals surface area contributed by atoms with Crippen LogP contribution in [0.5, 0.6) is 0 Å². The third-order valence-electron chi connectivity index (χ3n) is 5.75. The molecular formula is C18H23ClN6S. The molecule has 8 heteroatoms. The second kappa shape index (κ2) is 7.21. The van der Waals surface area contributed by atoms with Crippen LogP contribution in [0.1, 0.15) is 32.1 Å². The van der Waals surface area contributed by atoms with Crippen molar-refractivity contribution in [2.45, 2.75) is 48.1 Å². The lowest BCUT2D eigenvalue weighted by atomic mass is 9.74. The van der Waals surface area contributed by atoms with Crippen LogP contribution < -0.4 is 16.4 Å². The first-order valence-electron chi connectivity index (χ1n) is 8.98. The fraction of sp³-hybridized carbons (Fsp3) is 0.500. The van der Waals surface area contributed by atoms with Crippen LogP contribution in [0.3, 0.4) is 0 Å². The Morgan fingerprint density at radius 3 is 2.69 bits per heavy atom. The van der Waals surface area contributed by atoms with E-state index in [9.17, 15) is 0 Å². The maximum absolute atomic E-state index is 6.37.